The largest absolute Gasteiger partial charge is 0.409 e. The fourth-order valence-corrected chi connectivity index (χ4v) is 2.45. The lowest BCUT2D eigenvalue weighted by atomic mass is 9.78. The molecule has 1 aliphatic rings. The third-order valence-corrected chi connectivity index (χ3v) is 3.99. The van der Waals surface area contributed by atoms with E-state index in [0.29, 0.717) is 32.6 Å². The van der Waals surface area contributed by atoms with Gasteiger partial charge in [0.05, 0.1) is 0 Å². The van der Waals surface area contributed by atoms with E-state index in [1.807, 2.05) is 0 Å². The van der Waals surface area contributed by atoms with Gasteiger partial charge in [-0.2, -0.15) is 0 Å². The van der Waals surface area contributed by atoms with Crippen molar-refractivity contribution < 1.29 is 14.7 Å². The van der Waals surface area contributed by atoms with Crippen LogP contribution in [-0.4, -0.2) is 61.2 Å². The molecule has 1 aliphatic heterocycles. The number of oxime groups is 1. The van der Waals surface area contributed by atoms with Crippen LogP contribution in [0.2, 0.25) is 0 Å². The lowest BCUT2D eigenvalue weighted by molar-refractivity contribution is -0.131. The summed E-state index contributed by atoms with van der Waals surface area (Å²) in [6.07, 6.45) is 0.889. The highest BCUT2D eigenvalue weighted by atomic mass is 16.5. The minimum Gasteiger partial charge on any atom is -0.409 e. The second-order valence-electron chi connectivity index (χ2n) is 4.96. The molecule has 1 saturated heterocycles. The van der Waals surface area contributed by atoms with Gasteiger partial charge in [-0.25, -0.2) is 0 Å². The summed E-state index contributed by atoms with van der Waals surface area (Å²) in [6, 6.07) is 0. The van der Waals surface area contributed by atoms with Gasteiger partial charge in [0.25, 0.3) is 0 Å². The van der Waals surface area contributed by atoms with Gasteiger partial charge in [-0.15, -0.1) is 0 Å². The van der Waals surface area contributed by atoms with Crippen molar-refractivity contribution in [2.75, 3.05) is 39.4 Å². The Balaban J connectivity index is 2.61. The molecule has 0 spiro atoms. The summed E-state index contributed by atoms with van der Waals surface area (Å²) in [4.78, 5) is 14.6. The number of hydrogen-bond acceptors (Lipinski definition) is 5. The van der Waals surface area contributed by atoms with Crippen molar-refractivity contribution in [2.45, 2.75) is 26.7 Å². The van der Waals surface area contributed by atoms with Crippen molar-refractivity contribution in [1.82, 2.24) is 10.2 Å². The molecule has 7 heteroatoms. The number of nitrogens with two attached hydrogens (primary N) is 1. The Morgan fingerprint density at radius 1 is 1.40 bits per heavy atom. The second-order valence-corrected chi connectivity index (χ2v) is 4.96. The van der Waals surface area contributed by atoms with Gasteiger partial charge in [-0.05, 0) is 25.9 Å². The normalized spacial score (nSPS) is 19.1. The number of nitrogens with zero attached hydrogens (tertiary/aromatic N) is 2. The van der Waals surface area contributed by atoms with Gasteiger partial charge in [0.1, 0.15) is 5.41 Å². The molecule has 1 rings (SSSR count). The molecule has 0 saturated carbocycles. The van der Waals surface area contributed by atoms with Crippen LogP contribution in [0.5, 0.6) is 0 Å². The monoisotopic (exact) mass is 286 g/mol. The van der Waals surface area contributed by atoms with Crippen molar-refractivity contribution in [1.29, 1.82) is 0 Å². The van der Waals surface area contributed by atoms with Crippen LogP contribution < -0.4 is 11.1 Å². The summed E-state index contributed by atoms with van der Waals surface area (Å²) < 4.78 is 5.27. The van der Waals surface area contributed by atoms with E-state index in [9.17, 15) is 4.79 Å². The molecule has 1 fully saturated rings. The quantitative estimate of drug-likeness (QED) is 0.264. The first-order valence-electron chi connectivity index (χ1n) is 7.17. The summed E-state index contributed by atoms with van der Waals surface area (Å²) in [5, 5.41) is 14.9. The molecule has 1 heterocycles. The number of amidine groups is 1. The van der Waals surface area contributed by atoms with Gasteiger partial charge in [-0.3, -0.25) is 4.79 Å². The van der Waals surface area contributed by atoms with E-state index >= 15 is 0 Å². The molecule has 4 N–H and O–H groups in total. The first kappa shape index (κ1) is 16.7. The molecule has 0 unspecified atom stereocenters. The van der Waals surface area contributed by atoms with Crippen molar-refractivity contribution >= 4 is 11.7 Å². The molecular formula is C13H26N4O3. The number of rotatable bonds is 7. The fourth-order valence-electron chi connectivity index (χ4n) is 2.45. The standard InChI is InChI=1S/C13H26N4O3/c1-3-17(4-2)8-7-15-12(18)13(11(14)16-19)5-9-20-10-6-13/h19H,3-10H2,1-2H3,(H2,14,16)(H,15,18). The van der Waals surface area contributed by atoms with Crippen LogP contribution in [0.3, 0.4) is 0 Å². The van der Waals surface area contributed by atoms with Gasteiger partial charge < -0.3 is 25.9 Å². The second kappa shape index (κ2) is 8.06. The number of carbonyl (C=O) groups is 1. The van der Waals surface area contributed by atoms with Crippen LogP contribution in [0, 0.1) is 5.41 Å². The smallest absolute Gasteiger partial charge is 0.234 e. The predicted molar refractivity (Wildman–Crippen MR) is 76.7 cm³/mol. The van der Waals surface area contributed by atoms with E-state index in [1.165, 1.54) is 0 Å². The maximum absolute atomic E-state index is 12.4. The summed E-state index contributed by atoms with van der Waals surface area (Å²) in [5.74, 6) is -0.204. The summed E-state index contributed by atoms with van der Waals surface area (Å²) in [5.41, 5.74) is 4.81. The van der Waals surface area contributed by atoms with E-state index in [0.717, 1.165) is 19.6 Å². The number of hydrogen-bond donors (Lipinski definition) is 3. The highest BCUT2D eigenvalue weighted by Crippen LogP contribution is 2.31. The molecule has 0 radical (unpaired) electrons. The maximum Gasteiger partial charge on any atom is 0.234 e. The Labute approximate surface area is 120 Å². The predicted octanol–water partition coefficient (Wildman–Crippen LogP) is -0.0124. The van der Waals surface area contributed by atoms with Crippen LogP contribution in [0.1, 0.15) is 26.7 Å². The average Bonchev–Trinajstić information content (AvgIpc) is 2.51. The summed E-state index contributed by atoms with van der Waals surface area (Å²) in [6.45, 7) is 8.31. The zero-order chi connectivity index (χ0) is 15.0. The van der Waals surface area contributed by atoms with E-state index in [2.05, 4.69) is 29.2 Å². The molecular weight excluding hydrogens is 260 g/mol. The van der Waals surface area contributed by atoms with Crippen LogP contribution in [0.25, 0.3) is 0 Å². The number of amides is 1. The van der Waals surface area contributed by atoms with Gasteiger partial charge in [0, 0.05) is 26.3 Å². The molecule has 0 aromatic heterocycles. The SMILES string of the molecule is CCN(CC)CCNC(=O)C1(C(N)=NO)CCOCC1. The highest BCUT2D eigenvalue weighted by Gasteiger charge is 2.44. The fraction of sp³-hybridized carbons (Fsp3) is 0.846. The molecule has 0 atom stereocenters. The Morgan fingerprint density at radius 3 is 2.50 bits per heavy atom. The summed E-state index contributed by atoms with van der Waals surface area (Å²) in [7, 11) is 0. The van der Waals surface area contributed by atoms with E-state index < -0.39 is 5.41 Å². The van der Waals surface area contributed by atoms with Gasteiger partial charge in [-0.1, -0.05) is 19.0 Å². The van der Waals surface area contributed by atoms with Crippen LogP contribution >= 0.6 is 0 Å². The molecule has 1 amide bonds. The van der Waals surface area contributed by atoms with Crippen LogP contribution in [0.4, 0.5) is 0 Å². The van der Waals surface area contributed by atoms with E-state index in [4.69, 9.17) is 15.7 Å². The minimum atomic E-state index is -0.934. The zero-order valence-corrected chi connectivity index (χ0v) is 12.4. The minimum absolute atomic E-state index is 0.0267. The Morgan fingerprint density at radius 2 is 2.00 bits per heavy atom. The first-order valence-corrected chi connectivity index (χ1v) is 7.17. The van der Waals surface area contributed by atoms with Crippen molar-refractivity contribution in [3.63, 3.8) is 0 Å². The van der Waals surface area contributed by atoms with Gasteiger partial charge >= 0.3 is 0 Å². The number of carbonyl (C=O) groups excluding carboxylic acids is 1. The Hall–Kier alpha value is -1.34. The highest BCUT2D eigenvalue weighted by molar-refractivity contribution is 6.06. The number of ether oxygens (including phenoxy) is 1. The van der Waals surface area contributed by atoms with Crippen LogP contribution in [0.15, 0.2) is 5.16 Å². The lowest BCUT2D eigenvalue weighted by Crippen LogP contribution is -2.53. The van der Waals surface area contributed by atoms with Crippen molar-refractivity contribution in [3.8, 4) is 0 Å². The average molecular weight is 286 g/mol. The summed E-state index contributed by atoms with van der Waals surface area (Å²) >= 11 is 0. The molecule has 116 valence electrons. The van der Waals surface area contributed by atoms with Crippen LogP contribution in [-0.2, 0) is 9.53 Å². The number of nitrogens with one attached hydrogen (secondary N) is 1. The molecule has 0 aromatic rings. The zero-order valence-electron chi connectivity index (χ0n) is 12.4. The van der Waals surface area contributed by atoms with Crippen molar-refractivity contribution in [3.05, 3.63) is 0 Å². The number of likely N-dealkylation sites (N-methyl/N-ethyl adjacent to an activating group) is 1. The molecule has 0 bridgehead atoms. The molecule has 0 aromatic carbocycles. The third-order valence-electron chi connectivity index (χ3n) is 3.99. The van der Waals surface area contributed by atoms with E-state index in [1.54, 1.807) is 0 Å². The molecule has 7 nitrogen and oxygen atoms in total. The lowest BCUT2D eigenvalue weighted by Gasteiger charge is -2.34. The van der Waals surface area contributed by atoms with Crippen molar-refractivity contribution in [2.24, 2.45) is 16.3 Å². The Bertz CT molecular complexity index is 337. The molecule has 20 heavy (non-hydrogen) atoms. The Kier molecular flexibility index (Phi) is 6.74. The topological polar surface area (TPSA) is 100 Å². The first-order chi connectivity index (χ1) is 9.60. The van der Waals surface area contributed by atoms with E-state index in [-0.39, 0.29) is 11.7 Å². The third kappa shape index (κ3) is 3.83. The molecule has 0 aliphatic carbocycles. The van der Waals surface area contributed by atoms with Gasteiger partial charge in [0.2, 0.25) is 5.91 Å². The van der Waals surface area contributed by atoms with Gasteiger partial charge in [0.15, 0.2) is 5.84 Å². The maximum atomic E-state index is 12.4.